The van der Waals surface area contributed by atoms with Crippen LogP contribution in [0.25, 0.3) is 0 Å². The highest BCUT2D eigenvalue weighted by atomic mass is 16.5. The van der Waals surface area contributed by atoms with Crippen LogP contribution in [0.2, 0.25) is 0 Å². The molecule has 3 heteroatoms. The highest BCUT2D eigenvalue weighted by Gasteiger charge is 1.99. The summed E-state index contributed by atoms with van der Waals surface area (Å²) in [5, 5.41) is 3.36. The third kappa shape index (κ3) is 6.23. The van der Waals surface area contributed by atoms with Crippen molar-refractivity contribution in [3.8, 4) is 11.5 Å². The third-order valence-electron chi connectivity index (χ3n) is 3.45. The molecule has 0 unspecified atom stereocenters. The van der Waals surface area contributed by atoms with Crippen LogP contribution in [0.5, 0.6) is 11.5 Å². The molecule has 0 aromatic heterocycles. The van der Waals surface area contributed by atoms with Gasteiger partial charge in [0.15, 0.2) is 0 Å². The predicted octanol–water partition coefficient (Wildman–Crippen LogP) is 4.77. The van der Waals surface area contributed by atoms with Crippen LogP contribution in [0, 0.1) is 5.92 Å². The van der Waals surface area contributed by atoms with Crippen molar-refractivity contribution in [1.82, 2.24) is 0 Å². The van der Waals surface area contributed by atoms with Gasteiger partial charge in [-0.15, -0.1) is 0 Å². The molecule has 0 aliphatic carbocycles. The molecule has 2 aromatic carbocycles. The lowest BCUT2D eigenvalue weighted by Gasteiger charge is -2.12. The lowest BCUT2D eigenvalue weighted by Crippen LogP contribution is -2.11. The van der Waals surface area contributed by atoms with Crippen LogP contribution in [-0.2, 0) is 6.42 Å². The van der Waals surface area contributed by atoms with E-state index in [9.17, 15) is 0 Å². The molecule has 1 N–H and O–H groups in total. The minimum Gasteiger partial charge on any atom is -0.493 e. The number of rotatable bonds is 9. The van der Waals surface area contributed by atoms with Gasteiger partial charge in [0, 0.05) is 18.3 Å². The Balaban J connectivity index is 1.74. The Morgan fingerprint density at radius 1 is 0.957 bits per heavy atom. The average Bonchev–Trinajstić information content (AvgIpc) is 2.58. The Bertz CT molecular complexity index is 578. The lowest BCUT2D eigenvalue weighted by atomic mass is 10.2. The third-order valence-corrected chi connectivity index (χ3v) is 3.45. The number of nitrogens with one attached hydrogen (secondary N) is 1. The van der Waals surface area contributed by atoms with Crippen molar-refractivity contribution in [3.63, 3.8) is 0 Å². The second-order valence-electron chi connectivity index (χ2n) is 6.01. The van der Waals surface area contributed by atoms with Gasteiger partial charge in [-0.3, -0.25) is 0 Å². The Morgan fingerprint density at radius 3 is 2.43 bits per heavy atom. The molecule has 0 amide bonds. The fourth-order valence-corrected chi connectivity index (χ4v) is 2.14. The Labute approximate surface area is 139 Å². The maximum Gasteiger partial charge on any atom is 0.121 e. The number of aryl methyl sites for hydroxylation is 1. The molecule has 0 fully saturated rings. The van der Waals surface area contributed by atoms with E-state index in [2.05, 4.69) is 38.2 Å². The lowest BCUT2D eigenvalue weighted by molar-refractivity contribution is 0.271. The first kappa shape index (κ1) is 17.2. The summed E-state index contributed by atoms with van der Waals surface area (Å²) in [5.41, 5.74) is 2.38. The molecule has 0 saturated heterocycles. The second-order valence-corrected chi connectivity index (χ2v) is 6.01. The van der Waals surface area contributed by atoms with Gasteiger partial charge >= 0.3 is 0 Å². The monoisotopic (exact) mass is 313 g/mol. The van der Waals surface area contributed by atoms with E-state index in [4.69, 9.17) is 9.47 Å². The second kappa shape index (κ2) is 9.09. The minimum absolute atomic E-state index is 0.527. The van der Waals surface area contributed by atoms with Gasteiger partial charge in [-0.05, 0) is 42.2 Å². The van der Waals surface area contributed by atoms with E-state index >= 15 is 0 Å². The number of hydrogen-bond donors (Lipinski definition) is 1. The summed E-state index contributed by atoms with van der Waals surface area (Å²) in [6, 6.07) is 16.3. The summed E-state index contributed by atoms with van der Waals surface area (Å²) >= 11 is 0. The van der Waals surface area contributed by atoms with Gasteiger partial charge in [0.25, 0.3) is 0 Å². The maximum atomic E-state index is 5.74. The summed E-state index contributed by atoms with van der Waals surface area (Å²) in [6.45, 7) is 8.56. The highest BCUT2D eigenvalue weighted by molar-refractivity contribution is 5.48. The Hall–Kier alpha value is -2.16. The van der Waals surface area contributed by atoms with Crippen LogP contribution in [-0.4, -0.2) is 19.8 Å². The molecule has 0 spiro atoms. The number of hydrogen-bond acceptors (Lipinski definition) is 3. The van der Waals surface area contributed by atoms with E-state index in [1.54, 1.807) is 0 Å². The standard InChI is InChI=1S/C20H27NO2/c1-4-17-8-10-19(11-9-17)22-13-12-21-18-6-5-7-20(14-18)23-15-16(2)3/h5-11,14,16,21H,4,12-13,15H2,1-3H3. The van der Waals surface area contributed by atoms with E-state index in [1.165, 1.54) is 5.56 Å². The topological polar surface area (TPSA) is 30.5 Å². The van der Waals surface area contributed by atoms with Crippen LogP contribution < -0.4 is 14.8 Å². The van der Waals surface area contributed by atoms with Crippen LogP contribution in [0.15, 0.2) is 48.5 Å². The Kier molecular flexibility index (Phi) is 6.79. The van der Waals surface area contributed by atoms with Crippen LogP contribution >= 0.6 is 0 Å². The molecule has 0 heterocycles. The van der Waals surface area contributed by atoms with Crippen molar-refractivity contribution >= 4 is 5.69 Å². The fourth-order valence-electron chi connectivity index (χ4n) is 2.14. The summed E-state index contributed by atoms with van der Waals surface area (Å²) in [7, 11) is 0. The molecule has 0 bridgehead atoms. The van der Waals surface area contributed by atoms with Gasteiger partial charge in [-0.2, -0.15) is 0 Å². The first-order valence-corrected chi connectivity index (χ1v) is 8.36. The molecular formula is C20H27NO2. The summed E-state index contributed by atoms with van der Waals surface area (Å²) in [6.07, 6.45) is 1.05. The normalized spacial score (nSPS) is 10.6. The Morgan fingerprint density at radius 2 is 1.74 bits per heavy atom. The maximum absolute atomic E-state index is 5.74. The van der Waals surface area contributed by atoms with Gasteiger partial charge in [-0.25, -0.2) is 0 Å². The van der Waals surface area contributed by atoms with Crippen LogP contribution in [0.3, 0.4) is 0 Å². The zero-order valence-electron chi connectivity index (χ0n) is 14.3. The van der Waals surface area contributed by atoms with E-state index in [0.29, 0.717) is 12.5 Å². The molecule has 0 saturated carbocycles. The molecular weight excluding hydrogens is 286 g/mol. The fraction of sp³-hybridized carbons (Fsp3) is 0.400. The van der Waals surface area contributed by atoms with Crippen molar-refractivity contribution < 1.29 is 9.47 Å². The molecule has 2 aromatic rings. The average molecular weight is 313 g/mol. The number of anilines is 1. The van der Waals surface area contributed by atoms with Crippen molar-refractivity contribution in [3.05, 3.63) is 54.1 Å². The van der Waals surface area contributed by atoms with Gasteiger partial charge in [0.2, 0.25) is 0 Å². The van der Waals surface area contributed by atoms with E-state index in [1.807, 2.05) is 36.4 Å². The van der Waals surface area contributed by atoms with Crippen molar-refractivity contribution in [2.75, 3.05) is 25.1 Å². The van der Waals surface area contributed by atoms with Crippen LogP contribution in [0.4, 0.5) is 5.69 Å². The zero-order chi connectivity index (χ0) is 16.5. The first-order valence-electron chi connectivity index (χ1n) is 8.36. The minimum atomic E-state index is 0.527. The quantitative estimate of drug-likeness (QED) is 0.676. The summed E-state index contributed by atoms with van der Waals surface area (Å²) in [4.78, 5) is 0. The van der Waals surface area contributed by atoms with E-state index in [-0.39, 0.29) is 0 Å². The van der Waals surface area contributed by atoms with Gasteiger partial charge in [0.05, 0.1) is 6.61 Å². The van der Waals surface area contributed by atoms with Crippen molar-refractivity contribution in [2.45, 2.75) is 27.2 Å². The predicted molar refractivity (Wildman–Crippen MR) is 96.6 cm³/mol. The summed E-state index contributed by atoms with van der Waals surface area (Å²) in [5.74, 6) is 2.34. The molecule has 2 rings (SSSR count). The molecule has 0 aliphatic heterocycles. The van der Waals surface area contributed by atoms with E-state index < -0.39 is 0 Å². The van der Waals surface area contributed by atoms with E-state index in [0.717, 1.165) is 36.8 Å². The highest BCUT2D eigenvalue weighted by Crippen LogP contribution is 2.18. The molecule has 0 atom stereocenters. The zero-order valence-corrected chi connectivity index (χ0v) is 14.3. The number of ether oxygens (including phenoxy) is 2. The van der Waals surface area contributed by atoms with Crippen molar-refractivity contribution in [2.24, 2.45) is 5.92 Å². The van der Waals surface area contributed by atoms with Crippen molar-refractivity contribution in [1.29, 1.82) is 0 Å². The molecule has 3 nitrogen and oxygen atoms in total. The SMILES string of the molecule is CCc1ccc(OCCNc2cccc(OCC(C)C)c2)cc1. The van der Waals surface area contributed by atoms with Crippen LogP contribution in [0.1, 0.15) is 26.3 Å². The largest absolute Gasteiger partial charge is 0.493 e. The van der Waals surface area contributed by atoms with Gasteiger partial charge < -0.3 is 14.8 Å². The van der Waals surface area contributed by atoms with Gasteiger partial charge in [0.1, 0.15) is 18.1 Å². The first-order chi connectivity index (χ1) is 11.2. The molecule has 0 radical (unpaired) electrons. The molecule has 0 aliphatic rings. The summed E-state index contributed by atoms with van der Waals surface area (Å²) < 4.78 is 11.5. The van der Waals surface area contributed by atoms with Gasteiger partial charge in [-0.1, -0.05) is 39.0 Å². The molecule has 124 valence electrons. The smallest absolute Gasteiger partial charge is 0.121 e. The number of benzene rings is 2. The molecule has 23 heavy (non-hydrogen) atoms.